The highest BCUT2D eigenvalue weighted by atomic mass is 32.2. The van der Waals surface area contributed by atoms with Crippen LogP contribution in [-0.2, 0) is 17.9 Å². The Morgan fingerprint density at radius 2 is 2.06 bits per heavy atom. The molecule has 0 amide bonds. The summed E-state index contributed by atoms with van der Waals surface area (Å²) in [5.74, 6) is 0.0415. The molecule has 1 heterocycles. The summed E-state index contributed by atoms with van der Waals surface area (Å²) in [5.41, 5.74) is 0. The molecule has 0 aromatic carbocycles. The molecule has 0 aliphatic heterocycles. The lowest BCUT2D eigenvalue weighted by atomic mass is 10.0. The molecule has 0 fully saturated rings. The predicted molar refractivity (Wildman–Crippen MR) is 68.4 cm³/mol. The van der Waals surface area contributed by atoms with E-state index in [9.17, 15) is 9.90 Å². The van der Waals surface area contributed by atoms with Gasteiger partial charge in [-0.1, -0.05) is 38.5 Å². The first-order valence-electron chi connectivity index (χ1n) is 5.99. The van der Waals surface area contributed by atoms with Gasteiger partial charge >= 0.3 is 5.97 Å². The first-order valence-corrected chi connectivity index (χ1v) is 6.98. The quantitative estimate of drug-likeness (QED) is 0.696. The lowest BCUT2D eigenvalue weighted by Gasteiger charge is -2.15. The van der Waals surface area contributed by atoms with Gasteiger partial charge in [0.25, 0.3) is 0 Å². The molecule has 1 aromatic rings. The van der Waals surface area contributed by atoms with E-state index >= 15 is 0 Å². The number of carboxylic acid groups (broad SMARTS) is 1. The van der Waals surface area contributed by atoms with Gasteiger partial charge in [0.1, 0.15) is 6.61 Å². The van der Waals surface area contributed by atoms with E-state index in [-0.39, 0.29) is 12.4 Å². The van der Waals surface area contributed by atoms with Gasteiger partial charge in [-0.3, -0.25) is 4.79 Å². The molecule has 18 heavy (non-hydrogen) atoms. The van der Waals surface area contributed by atoms with Gasteiger partial charge in [-0.05, 0) is 5.92 Å². The van der Waals surface area contributed by atoms with E-state index in [4.69, 9.17) is 5.11 Å². The third kappa shape index (κ3) is 3.99. The maximum Gasteiger partial charge on any atom is 0.313 e. The first-order chi connectivity index (χ1) is 8.62. The summed E-state index contributed by atoms with van der Waals surface area (Å²) in [5, 5.41) is 26.3. The van der Waals surface area contributed by atoms with Crippen LogP contribution in [0.2, 0.25) is 0 Å². The van der Waals surface area contributed by atoms with Crippen molar-refractivity contribution >= 4 is 17.7 Å². The van der Waals surface area contributed by atoms with Crippen LogP contribution in [0, 0.1) is 5.92 Å². The van der Waals surface area contributed by atoms with Gasteiger partial charge in [-0.15, -0.1) is 10.2 Å². The number of rotatable bonds is 8. The number of hydrogen-bond donors (Lipinski definition) is 2. The number of nitrogens with zero attached hydrogens (tertiary/aromatic N) is 3. The largest absolute Gasteiger partial charge is 0.481 e. The summed E-state index contributed by atoms with van der Waals surface area (Å²) in [4.78, 5) is 10.6. The summed E-state index contributed by atoms with van der Waals surface area (Å²) in [7, 11) is 0. The van der Waals surface area contributed by atoms with Crippen LogP contribution in [0.15, 0.2) is 5.16 Å². The first kappa shape index (κ1) is 15.0. The minimum Gasteiger partial charge on any atom is -0.481 e. The minimum atomic E-state index is -0.886. The van der Waals surface area contributed by atoms with Gasteiger partial charge in [0, 0.05) is 6.54 Å². The zero-order valence-corrected chi connectivity index (χ0v) is 11.5. The van der Waals surface area contributed by atoms with Crippen molar-refractivity contribution < 1.29 is 15.0 Å². The fourth-order valence-electron chi connectivity index (χ4n) is 1.66. The maximum atomic E-state index is 10.6. The van der Waals surface area contributed by atoms with Crippen LogP contribution in [0.1, 0.15) is 32.5 Å². The number of thioether (sulfide) groups is 1. The fourth-order valence-corrected chi connectivity index (χ4v) is 2.34. The normalized spacial score (nSPS) is 11.1. The third-order valence-electron chi connectivity index (χ3n) is 2.86. The number of carbonyl (C=O) groups is 1. The summed E-state index contributed by atoms with van der Waals surface area (Å²) < 4.78 is 1.82. The summed E-state index contributed by atoms with van der Waals surface area (Å²) in [6.45, 7) is 4.76. The highest BCUT2D eigenvalue weighted by Gasteiger charge is 2.16. The van der Waals surface area contributed by atoms with E-state index in [1.54, 1.807) is 0 Å². The number of aliphatic hydroxyl groups is 1. The van der Waals surface area contributed by atoms with E-state index in [2.05, 4.69) is 24.0 Å². The molecule has 0 saturated heterocycles. The van der Waals surface area contributed by atoms with Crippen molar-refractivity contribution in [3.8, 4) is 0 Å². The van der Waals surface area contributed by atoms with Crippen molar-refractivity contribution in [3.63, 3.8) is 0 Å². The second-order valence-corrected chi connectivity index (χ2v) is 4.97. The van der Waals surface area contributed by atoms with E-state index in [0.29, 0.717) is 16.9 Å². The van der Waals surface area contributed by atoms with Crippen LogP contribution in [0.3, 0.4) is 0 Å². The Hall–Kier alpha value is -1.08. The van der Waals surface area contributed by atoms with E-state index in [1.165, 1.54) is 0 Å². The highest BCUT2D eigenvalue weighted by Crippen LogP contribution is 2.20. The molecular weight excluding hydrogens is 254 g/mol. The van der Waals surface area contributed by atoms with Crippen molar-refractivity contribution in [2.45, 2.75) is 45.0 Å². The van der Waals surface area contributed by atoms with Crippen molar-refractivity contribution in [1.29, 1.82) is 0 Å². The van der Waals surface area contributed by atoms with Crippen LogP contribution in [0.4, 0.5) is 0 Å². The average Bonchev–Trinajstić information content (AvgIpc) is 2.75. The Balaban J connectivity index is 2.83. The standard InChI is InChI=1S/C11H19N3O3S/c1-3-8(4-2)5-14-9(6-15)12-13-11(14)18-7-10(16)17/h8,15H,3-7H2,1-2H3,(H,16,17). The molecule has 0 aliphatic carbocycles. The van der Waals surface area contributed by atoms with Crippen LogP contribution in [-0.4, -0.2) is 36.7 Å². The Morgan fingerprint density at radius 1 is 1.39 bits per heavy atom. The second kappa shape index (κ2) is 7.38. The topological polar surface area (TPSA) is 88.2 Å². The zero-order chi connectivity index (χ0) is 13.5. The Morgan fingerprint density at radius 3 is 2.56 bits per heavy atom. The van der Waals surface area contributed by atoms with E-state index < -0.39 is 5.97 Å². The molecule has 102 valence electrons. The number of hydrogen-bond acceptors (Lipinski definition) is 5. The molecule has 0 aliphatic rings. The highest BCUT2D eigenvalue weighted by molar-refractivity contribution is 7.99. The van der Waals surface area contributed by atoms with Gasteiger partial charge in [-0.2, -0.15) is 0 Å². The number of carboxylic acids is 1. The summed E-state index contributed by atoms with van der Waals surface area (Å²) >= 11 is 1.13. The molecule has 0 radical (unpaired) electrons. The Bertz CT molecular complexity index is 391. The van der Waals surface area contributed by atoms with Gasteiger partial charge in [0.15, 0.2) is 11.0 Å². The molecule has 1 aromatic heterocycles. The summed E-state index contributed by atoms with van der Waals surface area (Å²) in [6.07, 6.45) is 2.06. The molecule has 0 unspecified atom stereocenters. The van der Waals surface area contributed by atoms with E-state index in [1.807, 2.05) is 4.57 Å². The number of aliphatic hydroxyl groups excluding tert-OH is 1. The average molecular weight is 273 g/mol. The molecular formula is C11H19N3O3S. The van der Waals surface area contributed by atoms with Crippen molar-refractivity contribution in [2.75, 3.05) is 5.75 Å². The molecule has 7 heteroatoms. The van der Waals surface area contributed by atoms with Crippen LogP contribution < -0.4 is 0 Å². The molecule has 2 N–H and O–H groups in total. The number of aromatic nitrogens is 3. The smallest absolute Gasteiger partial charge is 0.313 e. The number of aliphatic carboxylic acids is 1. The van der Waals surface area contributed by atoms with Crippen molar-refractivity contribution in [3.05, 3.63) is 5.82 Å². The van der Waals surface area contributed by atoms with Crippen molar-refractivity contribution in [1.82, 2.24) is 14.8 Å². The van der Waals surface area contributed by atoms with Gasteiger partial charge < -0.3 is 14.8 Å². The zero-order valence-electron chi connectivity index (χ0n) is 10.7. The van der Waals surface area contributed by atoms with Gasteiger partial charge in [0.05, 0.1) is 5.75 Å². The van der Waals surface area contributed by atoms with Gasteiger partial charge in [-0.25, -0.2) is 0 Å². The monoisotopic (exact) mass is 273 g/mol. The fraction of sp³-hybridized carbons (Fsp3) is 0.727. The molecule has 0 saturated carbocycles. The maximum absolute atomic E-state index is 10.6. The van der Waals surface area contributed by atoms with E-state index in [0.717, 1.165) is 31.1 Å². The molecule has 0 atom stereocenters. The van der Waals surface area contributed by atoms with Crippen LogP contribution in [0.5, 0.6) is 0 Å². The van der Waals surface area contributed by atoms with Crippen LogP contribution in [0.25, 0.3) is 0 Å². The van der Waals surface area contributed by atoms with Gasteiger partial charge in [0.2, 0.25) is 0 Å². The summed E-state index contributed by atoms with van der Waals surface area (Å²) in [6, 6.07) is 0. The van der Waals surface area contributed by atoms with Crippen molar-refractivity contribution in [2.24, 2.45) is 5.92 Å². The lowest BCUT2D eigenvalue weighted by molar-refractivity contribution is -0.133. The molecule has 0 spiro atoms. The molecule has 0 bridgehead atoms. The minimum absolute atomic E-state index is 0.0491. The Labute approximate surface area is 110 Å². The third-order valence-corrected chi connectivity index (χ3v) is 3.81. The Kier molecular flexibility index (Phi) is 6.14. The molecule has 6 nitrogen and oxygen atoms in total. The van der Waals surface area contributed by atoms with Crippen LogP contribution >= 0.6 is 11.8 Å². The SMILES string of the molecule is CCC(CC)Cn1c(CO)nnc1SCC(=O)O. The molecule has 1 rings (SSSR count). The lowest BCUT2D eigenvalue weighted by Crippen LogP contribution is -2.13. The predicted octanol–water partition coefficient (Wildman–Crippen LogP) is 1.38. The second-order valence-electron chi connectivity index (χ2n) is 4.03.